The van der Waals surface area contributed by atoms with Gasteiger partial charge in [-0.25, -0.2) is 4.98 Å². The lowest BCUT2D eigenvalue weighted by Crippen LogP contribution is -2.03. The summed E-state index contributed by atoms with van der Waals surface area (Å²) in [6, 6.07) is 27.1. The first-order chi connectivity index (χ1) is 13.2. The molecule has 0 amide bonds. The van der Waals surface area contributed by atoms with E-state index in [0.29, 0.717) is 0 Å². The van der Waals surface area contributed by atoms with Gasteiger partial charge in [-0.15, -0.1) is 0 Å². The number of fused-ring (bicyclic) bond motifs is 1. The first-order valence-corrected chi connectivity index (χ1v) is 9.06. The molecule has 1 aromatic heterocycles. The Morgan fingerprint density at radius 3 is 2.37 bits per heavy atom. The number of aromatic nitrogens is 1. The summed E-state index contributed by atoms with van der Waals surface area (Å²) in [6.45, 7) is 2.83. The van der Waals surface area contributed by atoms with Crippen LogP contribution in [0.1, 0.15) is 11.1 Å². The van der Waals surface area contributed by atoms with Crippen LogP contribution in [-0.4, -0.2) is 12.1 Å². The van der Waals surface area contributed by atoms with Crippen molar-refractivity contribution in [2.45, 2.75) is 13.5 Å². The molecule has 0 unspecified atom stereocenters. The number of hydrogen-bond donors (Lipinski definition) is 1. The Hall–Kier alpha value is -3.33. The van der Waals surface area contributed by atoms with Gasteiger partial charge in [-0.05, 0) is 42.3 Å². The van der Waals surface area contributed by atoms with Crippen molar-refractivity contribution in [1.82, 2.24) is 4.98 Å². The predicted molar refractivity (Wildman–Crippen MR) is 112 cm³/mol. The molecule has 3 heteroatoms. The fourth-order valence-electron chi connectivity index (χ4n) is 3.13. The third kappa shape index (κ3) is 3.77. The van der Waals surface area contributed by atoms with Crippen molar-refractivity contribution in [2.24, 2.45) is 0 Å². The summed E-state index contributed by atoms with van der Waals surface area (Å²) in [6.07, 6.45) is 0. The zero-order chi connectivity index (χ0) is 18.6. The average Bonchev–Trinajstić information content (AvgIpc) is 2.73. The number of aryl methyl sites for hydroxylation is 1. The molecular weight excluding hydrogens is 332 g/mol. The number of nitrogens with zero attached hydrogens (tertiary/aromatic N) is 1. The fourth-order valence-corrected chi connectivity index (χ4v) is 3.13. The summed E-state index contributed by atoms with van der Waals surface area (Å²) in [4.78, 5) is 4.88. The summed E-state index contributed by atoms with van der Waals surface area (Å²) >= 11 is 0. The Bertz CT molecular complexity index is 1050. The summed E-state index contributed by atoms with van der Waals surface area (Å²) in [5, 5.41) is 4.65. The van der Waals surface area contributed by atoms with Crippen LogP contribution in [0.25, 0.3) is 22.0 Å². The molecule has 27 heavy (non-hydrogen) atoms. The Balaban J connectivity index is 1.72. The molecule has 1 heterocycles. The molecule has 0 saturated heterocycles. The zero-order valence-electron chi connectivity index (χ0n) is 15.6. The minimum Gasteiger partial charge on any atom is -0.497 e. The van der Waals surface area contributed by atoms with E-state index in [4.69, 9.17) is 9.72 Å². The molecule has 134 valence electrons. The Kier molecular flexibility index (Phi) is 4.75. The van der Waals surface area contributed by atoms with E-state index in [-0.39, 0.29) is 0 Å². The minimum absolute atomic E-state index is 0.731. The molecule has 4 aromatic rings. The lowest BCUT2D eigenvalue weighted by Gasteiger charge is -2.14. The summed E-state index contributed by atoms with van der Waals surface area (Å²) in [5.74, 6) is 1.74. The molecule has 0 saturated carbocycles. The van der Waals surface area contributed by atoms with Crippen molar-refractivity contribution in [3.8, 4) is 16.9 Å². The highest BCUT2D eigenvalue weighted by Gasteiger charge is 2.09. The monoisotopic (exact) mass is 354 g/mol. The highest BCUT2D eigenvalue weighted by atomic mass is 16.5. The number of benzene rings is 3. The molecule has 0 bridgehead atoms. The van der Waals surface area contributed by atoms with Gasteiger partial charge in [0.15, 0.2) is 0 Å². The van der Waals surface area contributed by atoms with Gasteiger partial charge < -0.3 is 10.1 Å². The SMILES string of the molecule is COc1ccc(-c2cc3ccccc3nc2NCc2ccc(C)cc2)cc1. The summed E-state index contributed by atoms with van der Waals surface area (Å²) < 4.78 is 5.29. The minimum atomic E-state index is 0.731. The first kappa shape index (κ1) is 17.1. The van der Waals surface area contributed by atoms with Gasteiger partial charge in [-0.3, -0.25) is 0 Å². The van der Waals surface area contributed by atoms with E-state index < -0.39 is 0 Å². The van der Waals surface area contributed by atoms with Gasteiger partial charge in [0.05, 0.1) is 12.6 Å². The van der Waals surface area contributed by atoms with Crippen molar-refractivity contribution in [3.63, 3.8) is 0 Å². The molecule has 0 spiro atoms. The van der Waals surface area contributed by atoms with Crippen molar-refractivity contribution in [1.29, 1.82) is 0 Å². The number of methoxy groups -OCH3 is 1. The van der Waals surface area contributed by atoms with Crippen molar-refractivity contribution in [3.05, 3.63) is 90.0 Å². The topological polar surface area (TPSA) is 34.1 Å². The van der Waals surface area contributed by atoms with Gasteiger partial charge in [0, 0.05) is 17.5 Å². The third-order valence-corrected chi connectivity index (χ3v) is 4.71. The van der Waals surface area contributed by atoms with Crippen LogP contribution in [0.15, 0.2) is 78.9 Å². The maximum atomic E-state index is 5.29. The smallest absolute Gasteiger partial charge is 0.134 e. The largest absolute Gasteiger partial charge is 0.497 e. The van der Waals surface area contributed by atoms with Gasteiger partial charge in [-0.2, -0.15) is 0 Å². The second-order valence-electron chi connectivity index (χ2n) is 6.64. The van der Waals surface area contributed by atoms with Gasteiger partial charge >= 0.3 is 0 Å². The van der Waals surface area contributed by atoms with E-state index in [1.807, 2.05) is 30.3 Å². The number of rotatable bonds is 5. The number of pyridine rings is 1. The maximum absolute atomic E-state index is 5.29. The summed E-state index contributed by atoms with van der Waals surface area (Å²) in [7, 11) is 1.68. The fraction of sp³-hybridized carbons (Fsp3) is 0.125. The molecule has 3 nitrogen and oxygen atoms in total. The Labute approximate surface area is 159 Å². The Morgan fingerprint density at radius 2 is 1.63 bits per heavy atom. The second-order valence-corrected chi connectivity index (χ2v) is 6.64. The van der Waals surface area contributed by atoms with Gasteiger partial charge in [0.2, 0.25) is 0 Å². The van der Waals surface area contributed by atoms with Crippen molar-refractivity contribution < 1.29 is 4.74 Å². The lowest BCUT2D eigenvalue weighted by molar-refractivity contribution is 0.415. The molecule has 0 fully saturated rings. The second kappa shape index (κ2) is 7.50. The quantitative estimate of drug-likeness (QED) is 0.489. The van der Waals surface area contributed by atoms with Gasteiger partial charge in [0.1, 0.15) is 11.6 Å². The van der Waals surface area contributed by atoms with Crippen LogP contribution in [0.3, 0.4) is 0 Å². The van der Waals surface area contributed by atoms with Gasteiger partial charge in [0.25, 0.3) is 0 Å². The Morgan fingerprint density at radius 1 is 0.889 bits per heavy atom. The number of hydrogen-bond acceptors (Lipinski definition) is 3. The standard InChI is InChI=1S/C24H22N2O/c1-17-7-9-18(10-8-17)16-25-24-22(19-11-13-21(27-2)14-12-19)15-20-5-3-4-6-23(20)26-24/h3-15H,16H2,1-2H3,(H,25,26). The van der Waals surface area contributed by atoms with Crippen LogP contribution in [0.2, 0.25) is 0 Å². The number of para-hydroxylation sites is 1. The van der Waals surface area contributed by atoms with Crippen molar-refractivity contribution >= 4 is 16.7 Å². The highest BCUT2D eigenvalue weighted by Crippen LogP contribution is 2.31. The van der Waals surface area contributed by atoms with E-state index in [9.17, 15) is 0 Å². The molecular formula is C24H22N2O. The van der Waals surface area contributed by atoms with Crippen molar-refractivity contribution in [2.75, 3.05) is 12.4 Å². The molecule has 0 aliphatic heterocycles. The zero-order valence-corrected chi connectivity index (χ0v) is 15.6. The predicted octanol–water partition coefficient (Wildman–Crippen LogP) is 5.83. The molecule has 0 aliphatic carbocycles. The first-order valence-electron chi connectivity index (χ1n) is 9.06. The highest BCUT2D eigenvalue weighted by molar-refractivity contribution is 5.89. The van der Waals surface area contributed by atoms with Crippen LogP contribution in [0.5, 0.6) is 5.75 Å². The number of anilines is 1. The molecule has 0 aliphatic rings. The van der Waals surface area contributed by atoms with Crippen LogP contribution in [0, 0.1) is 6.92 Å². The van der Waals surface area contributed by atoms with Crippen LogP contribution < -0.4 is 10.1 Å². The molecule has 1 N–H and O–H groups in total. The molecule has 3 aromatic carbocycles. The molecule has 4 rings (SSSR count). The van der Waals surface area contributed by atoms with E-state index >= 15 is 0 Å². The number of ether oxygens (including phenoxy) is 1. The van der Waals surface area contributed by atoms with E-state index in [1.54, 1.807) is 7.11 Å². The van der Waals surface area contributed by atoms with Crippen LogP contribution in [-0.2, 0) is 6.54 Å². The number of nitrogens with one attached hydrogen (secondary N) is 1. The van der Waals surface area contributed by atoms with E-state index in [2.05, 4.69) is 60.8 Å². The van der Waals surface area contributed by atoms with E-state index in [0.717, 1.165) is 40.1 Å². The normalized spacial score (nSPS) is 10.7. The van der Waals surface area contributed by atoms with E-state index in [1.165, 1.54) is 11.1 Å². The lowest BCUT2D eigenvalue weighted by atomic mass is 10.0. The van der Waals surface area contributed by atoms with Crippen LogP contribution in [0.4, 0.5) is 5.82 Å². The molecule has 0 atom stereocenters. The van der Waals surface area contributed by atoms with Gasteiger partial charge in [-0.1, -0.05) is 60.2 Å². The third-order valence-electron chi connectivity index (χ3n) is 4.71. The summed E-state index contributed by atoms with van der Waals surface area (Å²) in [5.41, 5.74) is 5.68. The average molecular weight is 354 g/mol. The maximum Gasteiger partial charge on any atom is 0.134 e. The molecule has 0 radical (unpaired) electrons. The van der Waals surface area contributed by atoms with Crippen LogP contribution >= 0.6 is 0 Å².